The van der Waals surface area contributed by atoms with E-state index in [0.717, 1.165) is 86.3 Å². The van der Waals surface area contributed by atoms with E-state index in [0.29, 0.717) is 11.7 Å². The van der Waals surface area contributed by atoms with Gasteiger partial charge >= 0.3 is 0 Å². The van der Waals surface area contributed by atoms with Crippen LogP contribution < -0.4 is 9.47 Å². The van der Waals surface area contributed by atoms with E-state index in [9.17, 15) is 10.1 Å². The molecule has 1 amide bonds. The smallest absolute Gasteiger partial charge is 0.255 e. The minimum Gasteiger partial charge on any atom is -0.454 e. The highest BCUT2D eigenvalue weighted by Gasteiger charge is 2.58. The number of ether oxygens (including phenoxy) is 2. The lowest BCUT2D eigenvalue weighted by Crippen LogP contribution is -2.38. The molecule has 1 saturated carbocycles. The molecule has 2 aromatic rings. The van der Waals surface area contributed by atoms with Gasteiger partial charge in [-0.15, -0.1) is 0 Å². The second-order valence-corrected chi connectivity index (χ2v) is 9.52. The maximum absolute atomic E-state index is 13.2. The van der Waals surface area contributed by atoms with Crippen molar-refractivity contribution >= 4 is 5.91 Å². The van der Waals surface area contributed by atoms with Crippen LogP contribution in [0.5, 0.6) is 11.5 Å². The molecule has 6 heteroatoms. The summed E-state index contributed by atoms with van der Waals surface area (Å²) in [6.45, 7) is 4.00. The molecule has 3 aliphatic heterocycles. The maximum atomic E-state index is 13.2. The Bertz CT molecular complexity index is 1110. The lowest BCUT2D eigenvalue weighted by molar-refractivity contribution is 0.0671. The van der Waals surface area contributed by atoms with E-state index in [1.54, 1.807) is 0 Å². The Kier molecular flexibility index (Phi) is 4.62. The van der Waals surface area contributed by atoms with Crippen LogP contribution in [0.15, 0.2) is 36.4 Å². The first kappa shape index (κ1) is 19.6. The van der Waals surface area contributed by atoms with Gasteiger partial charge in [-0.05, 0) is 80.4 Å². The zero-order valence-electron chi connectivity index (χ0n) is 18.2. The Hall–Kier alpha value is -3.04. The van der Waals surface area contributed by atoms with Crippen LogP contribution in [0.25, 0.3) is 0 Å². The molecule has 6 rings (SSSR count). The Balaban J connectivity index is 1.07. The number of carbonyl (C=O) groups is 1. The van der Waals surface area contributed by atoms with Gasteiger partial charge in [0.15, 0.2) is 11.5 Å². The third-order valence-corrected chi connectivity index (χ3v) is 7.73. The van der Waals surface area contributed by atoms with Gasteiger partial charge in [-0.25, -0.2) is 0 Å². The summed E-state index contributed by atoms with van der Waals surface area (Å²) in [5, 5.41) is 9.33. The maximum Gasteiger partial charge on any atom is 0.255 e. The van der Waals surface area contributed by atoms with Gasteiger partial charge in [0.25, 0.3) is 5.91 Å². The topological polar surface area (TPSA) is 65.8 Å². The average molecular weight is 430 g/mol. The normalized spacial score (nSPS) is 21.1. The first-order valence-corrected chi connectivity index (χ1v) is 11.6. The van der Waals surface area contributed by atoms with E-state index in [1.165, 1.54) is 0 Å². The number of hydrogen-bond donors (Lipinski definition) is 0. The third kappa shape index (κ3) is 3.15. The number of hydrogen-bond acceptors (Lipinski definition) is 5. The van der Waals surface area contributed by atoms with Crippen LogP contribution in [0, 0.1) is 17.2 Å². The highest BCUT2D eigenvalue weighted by atomic mass is 16.7. The molecule has 164 valence electrons. The number of nitriles is 1. The standard InChI is InChI=1S/C26H27N3O3/c27-15-19-3-1-2-4-20(19)16-28-10-5-18(6-11-28)7-12-29-25(30)21-13-23-24(32-17-31-23)14-22(21)26(29)8-9-26/h1-4,13-14,18H,5-12,16-17H2. The second kappa shape index (κ2) is 7.53. The molecule has 4 aliphatic rings. The van der Waals surface area contributed by atoms with E-state index in [2.05, 4.69) is 21.9 Å². The molecule has 1 saturated heterocycles. The summed E-state index contributed by atoms with van der Waals surface area (Å²) in [4.78, 5) is 17.8. The number of benzene rings is 2. The zero-order chi connectivity index (χ0) is 21.7. The second-order valence-electron chi connectivity index (χ2n) is 9.52. The molecule has 0 bridgehead atoms. The fourth-order valence-electron chi connectivity index (χ4n) is 5.72. The molecule has 0 radical (unpaired) electrons. The lowest BCUT2D eigenvalue weighted by Gasteiger charge is -2.34. The summed E-state index contributed by atoms with van der Waals surface area (Å²) < 4.78 is 11.1. The molecule has 2 fully saturated rings. The monoisotopic (exact) mass is 429 g/mol. The van der Waals surface area contributed by atoms with Crippen molar-refractivity contribution in [2.45, 2.75) is 44.2 Å². The van der Waals surface area contributed by atoms with E-state index < -0.39 is 0 Å². The van der Waals surface area contributed by atoms with Crippen LogP contribution in [-0.2, 0) is 12.1 Å². The predicted octanol–water partition coefficient (Wildman–Crippen LogP) is 4.03. The summed E-state index contributed by atoms with van der Waals surface area (Å²) in [6.07, 6.45) is 5.43. The summed E-state index contributed by atoms with van der Waals surface area (Å²) in [5.74, 6) is 2.26. The fraction of sp³-hybridized carbons (Fsp3) is 0.462. The number of rotatable bonds is 5. The van der Waals surface area contributed by atoms with Gasteiger partial charge in [0, 0.05) is 18.7 Å². The van der Waals surface area contributed by atoms with Gasteiger partial charge in [-0.2, -0.15) is 5.26 Å². The fourth-order valence-corrected chi connectivity index (χ4v) is 5.72. The van der Waals surface area contributed by atoms with E-state index >= 15 is 0 Å². The van der Waals surface area contributed by atoms with Crippen LogP contribution >= 0.6 is 0 Å². The molecule has 0 atom stereocenters. The first-order chi connectivity index (χ1) is 15.7. The van der Waals surface area contributed by atoms with Gasteiger partial charge in [0.05, 0.1) is 17.2 Å². The molecule has 0 unspecified atom stereocenters. The summed E-state index contributed by atoms with van der Waals surface area (Å²) >= 11 is 0. The molecule has 0 aromatic heterocycles. The van der Waals surface area contributed by atoms with Crippen molar-refractivity contribution in [1.82, 2.24) is 9.80 Å². The molecule has 2 aromatic carbocycles. The third-order valence-electron chi connectivity index (χ3n) is 7.73. The summed E-state index contributed by atoms with van der Waals surface area (Å²) in [6, 6.07) is 14.1. The number of carbonyl (C=O) groups excluding carboxylic acids is 1. The van der Waals surface area contributed by atoms with Gasteiger partial charge < -0.3 is 14.4 Å². The first-order valence-electron chi connectivity index (χ1n) is 11.6. The SMILES string of the molecule is N#Cc1ccccc1CN1CCC(CCN2C(=O)c3cc4c(cc3C23CC3)OCO4)CC1. The van der Waals surface area contributed by atoms with Crippen LogP contribution in [0.1, 0.15) is 59.2 Å². The van der Waals surface area contributed by atoms with Crippen LogP contribution in [-0.4, -0.2) is 42.1 Å². The molecule has 1 aliphatic carbocycles. The molecule has 3 heterocycles. The van der Waals surface area contributed by atoms with Gasteiger partial charge in [-0.3, -0.25) is 9.69 Å². The van der Waals surface area contributed by atoms with Crippen molar-refractivity contribution in [2.75, 3.05) is 26.4 Å². The largest absolute Gasteiger partial charge is 0.454 e. The number of piperidine rings is 1. The number of fused-ring (bicyclic) bond motifs is 3. The Morgan fingerprint density at radius 2 is 1.84 bits per heavy atom. The van der Waals surface area contributed by atoms with E-state index in [1.807, 2.05) is 30.3 Å². The van der Waals surface area contributed by atoms with Crippen molar-refractivity contribution in [3.8, 4) is 17.6 Å². The Morgan fingerprint density at radius 3 is 2.59 bits per heavy atom. The molecule has 32 heavy (non-hydrogen) atoms. The lowest BCUT2D eigenvalue weighted by atomic mass is 9.92. The summed E-state index contributed by atoms with van der Waals surface area (Å²) in [7, 11) is 0. The summed E-state index contributed by atoms with van der Waals surface area (Å²) in [5.41, 5.74) is 3.73. The van der Waals surface area contributed by atoms with Gasteiger partial charge in [-0.1, -0.05) is 18.2 Å². The van der Waals surface area contributed by atoms with Crippen molar-refractivity contribution in [3.05, 3.63) is 58.7 Å². The minimum atomic E-state index is -0.102. The predicted molar refractivity (Wildman–Crippen MR) is 118 cm³/mol. The van der Waals surface area contributed by atoms with Crippen molar-refractivity contribution in [1.29, 1.82) is 5.26 Å². The number of amides is 1. The Labute approximate surface area is 188 Å². The highest BCUT2D eigenvalue weighted by molar-refractivity contribution is 6.01. The number of likely N-dealkylation sites (tertiary alicyclic amines) is 1. The molecule has 6 nitrogen and oxygen atoms in total. The Morgan fingerprint density at radius 1 is 1.09 bits per heavy atom. The van der Waals surface area contributed by atoms with Crippen molar-refractivity contribution in [2.24, 2.45) is 5.92 Å². The van der Waals surface area contributed by atoms with Crippen molar-refractivity contribution < 1.29 is 14.3 Å². The van der Waals surface area contributed by atoms with Crippen LogP contribution in [0.3, 0.4) is 0 Å². The van der Waals surface area contributed by atoms with Gasteiger partial charge in [0.1, 0.15) is 0 Å². The van der Waals surface area contributed by atoms with E-state index in [-0.39, 0.29) is 18.2 Å². The van der Waals surface area contributed by atoms with Crippen LogP contribution in [0.2, 0.25) is 0 Å². The van der Waals surface area contributed by atoms with E-state index in [4.69, 9.17) is 9.47 Å². The quantitative estimate of drug-likeness (QED) is 0.718. The van der Waals surface area contributed by atoms with Gasteiger partial charge in [0.2, 0.25) is 6.79 Å². The average Bonchev–Trinajstić information content (AvgIpc) is 3.43. The zero-order valence-corrected chi connectivity index (χ0v) is 18.2. The van der Waals surface area contributed by atoms with Crippen LogP contribution in [0.4, 0.5) is 0 Å². The highest BCUT2D eigenvalue weighted by Crippen LogP contribution is 2.58. The molecular weight excluding hydrogens is 402 g/mol. The minimum absolute atomic E-state index is 0.102. The molecule has 1 spiro atoms. The van der Waals surface area contributed by atoms with Crippen molar-refractivity contribution in [3.63, 3.8) is 0 Å². The molecule has 0 N–H and O–H groups in total. The molecular formula is C26H27N3O3. The number of nitrogens with zero attached hydrogens (tertiary/aromatic N) is 3.